The van der Waals surface area contributed by atoms with Gasteiger partial charge in [0.25, 0.3) is 0 Å². The molecule has 0 spiro atoms. The van der Waals surface area contributed by atoms with Crippen LogP contribution in [0.15, 0.2) is 39.8 Å². The van der Waals surface area contributed by atoms with E-state index < -0.39 is 27.2 Å². The van der Waals surface area contributed by atoms with Gasteiger partial charge in [0.15, 0.2) is 9.84 Å². The molecule has 11 heteroatoms. The van der Waals surface area contributed by atoms with Gasteiger partial charge in [-0.3, -0.25) is 5.32 Å². The van der Waals surface area contributed by atoms with Crippen molar-refractivity contribution in [1.82, 2.24) is 15.4 Å². The smallest absolute Gasteiger partial charge is 0.321 e. The van der Waals surface area contributed by atoms with Gasteiger partial charge in [-0.2, -0.15) is 0 Å². The number of amides is 2. The van der Waals surface area contributed by atoms with Crippen LogP contribution in [0, 0.1) is 0 Å². The third-order valence-electron chi connectivity index (χ3n) is 5.01. The summed E-state index contributed by atoms with van der Waals surface area (Å²) >= 11 is 5.82. The van der Waals surface area contributed by atoms with E-state index in [-0.39, 0.29) is 17.4 Å². The average molecular weight is 457 g/mol. The van der Waals surface area contributed by atoms with Crippen molar-refractivity contribution in [3.05, 3.63) is 41.0 Å². The number of benzene rings is 1. The predicted octanol–water partition coefficient (Wildman–Crippen LogP) is 1.92. The van der Waals surface area contributed by atoms with Gasteiger partial charge in [-0.1, -0.05) is 23.7 Å². The summed E-state index contributed by atoms with van der Waals surface area (Å²) in [5.74, 6) is 0.235. The van der Waals surface area contributed by atoms with Gasteiger partial charge in [0.05, 0.1) is 28.5 Å². The molecule has 1 aliphatic heterocycles. The van der Waals surface area contributed by atoms with Crippen molar-refractivity contribution in [3.63, 3.8) is 0 Å². The van der Waals surface area contributed by atoms with Crippen LogP contribution in [-0.4, -0.2) is 67.1 Å². The quantitative estimate of drug-likeness (QED) is 0.526. The number of rotatable bonds is 9. The molecule has 0 saturated carbocycles. The van der Waals surface area contributed by atoms with E-state index in [0.717, 1.165) is 5.69 Å². The number of urea groups is 1. The highest BCUT2D eigenvalue weighted by Gasteiger charge is 2.38. The molecule has 0 unspecified atom stereocenters. The minimum absolute atomic E-state index is 0.232. The molecule has 1 fully saturated rings. The number of aliphatic hydroxyl groups is 1. The second kappa shape index (κ2) is 9.78. The van der Waals surface area contributed by atoms with Crippen LogP contribution >= 0.6 is 11.6 Å². The summed E-state index contributed by atoms with van der Waals surface area (Å²) in [6, 6.07) is 6.83. The molecule has 164 valence electrons. The van der Waals surface area contributed by atoms with E-state index in [0.29, 0.717) is 37.5 Å². The van der Waals surface area contributed by atoms with Gasteiger partial charge in [-0.15, -0.1) is 0 Å². The first-order valence-electron chi connectivity index (χ1n) is 9.67. The maximum absolute atomic E-state index is 12.6. The van der Waals surface area contributed by atoms with Gasteiger partial charge in [-0.25, -0.2) is 13.2 Å². The van der Waals surface area contributed by atoms with Crippen LogP contribution in [0.5, 0.6) is 0 Å². The second-order valence-electron chi connectivity index (χ2n) is 7.18. The number of aromatic nitrogens is 1. The zero-order valence-electron chi connectivity index (χ0n) is 16.5. The highest BCUT2D eigenvalue weighted by molar-refractivity contribution is 7.92. The number of hydrogen-bond donors (Lipinski definition) is 3. The summed E-state index contributed by atoms with van der Waals surface area (Å²) in [5.41, 5.74) is 0.727. The van der Waals surface area contributed by atoms with E-state index >= 15 is 0 Å². The number of carbonyl (C=O) groups excluding carboxylic acids is 1. The van der Waals surface area contributed by atoms with Crippen LogP contribution in [0.25, 0.3) is 0 Å². The first-order chi connectivity index (χ1) is 14.3. The Bertz CT molecular complexity index is 958. The van der Waals surface area contributed by atoms with Crippen LogP contribution in [0.1, 0.15) is 19.0 Å². The lowest BCUT2D eigenvalue weighted by atomic mass is 10.1. The van der Waals surface area contributed by atoms with Gasteiger partial charge >= 0.3 is 6.03 Å². The van der Waals surface area contributed by atoms with Gasteiger partial charge in [0.1, 0.15) is 0 Å². The number of carbonyl (C=O) groups is 1. The van der Waals surface area contributed by atoms with E-state index in [1.165, 1.54) is 12.1 Å². The lowest BCUT2D eigenvalue weighted by molar-refractivity contribution is 0.160. The molecule has 2 heterocycles. The number of aryl methyl sites for hydroxylation is 1. The lowest BCUT2D eigenvalue weighted by Gasteiger charge is -2.39. The van der Waals surface area contributed by atoms with Crippen LogP contribution in [0.4, 0.5) is 10.7 Å². The third kappa shape index (κ3) is 5.51. The molecule has 1 aromatic heterocycles. The minimum Gasteiger partial charge on any atom is -0.394 e. The van der Waals surface area contributed by atoms with Crippen LogP contribution in [0.3, 0.4) is 0 Å². The van der Waals surface area contributed by atoms with Crippen molar-refractivity contribution in [2.45, 2.75) is 36.0 Å². The van der Waals surface area contributed by atoms with Crippen LogP contribution in [0.2, 0.25) is 5.02 Å². The molecule has 3 N–H and O–H groups in total. The predicted molar refractivity (Wildman–Crippen MR) is 112 cm³/mol. The van der Waals surface area contributed by atoms with Crippen LogP contribution in [-0.2, 0) is 16.3 Å². The Balaban J connectivity index is 1.42. The second-order valence-corrected chi connectivity index (χ2v) is 9.85. The molecule has 0 radical (unpaired) electrons. The summed E-state index contributed by atoms with van der Waals surface area (Å²) in [7, 11) is -3.40. The largest absolute Gasteiger partial charge is 0.394 e. The summed E-state index contributed by atoms with van der Waals surface area (Å²) in [6.07, 6.45) is 1.17. The molecule has 1 aromatic carbocycles. The summed E-state index contributed by atoms with van der Waals surface area (Å²) in [4.78, 5) is 14.3. The van der Waals surface area contributed by atoms with Crippen molar-refractivity contribution < 1.29 is 22.8 Å². The maximum atomic E-state index is 12.6. The zero-order chi connectivity index (χ0) is 21.7. The highest BCUT2D eigenvalue weighted by Crippen LogP contribution is 2.25. The van der Waals surface area contributed by atoms with Crippen molar-refractivity contribution >= 4 is 33.4 Å². The van der Waals surface area contributed by atoms with E-state index in [9.17, 15) is 18.3 Å². The van der Waals surface area contributed by atoms with Crippen molar-refractivity contribution in [2.75, 3.05) is 31.6 Å². The molecule has 2 amide bonds. The molecule has 1 aliphatic rings. The highest BCUT2D eigenvalue weighted by atomic mass is 35.5. The number of nitrogens with one attached hydrogen (secondary N) is 2. The van der Waals surface area contributed by atoms with E-state index in [1.54, 1.807) is 18.2 Å². The normalized spacial score (nSPS) is 16.1. The summed E-state index contributed by atoms with van der Waals surface area (Å²) in [5, 5.41) is 18.6. The molecule has 2 aromatic rings. The SMILES string of the molecule is CCc1cc(NC(=O)N[C@H](CO)CCN2CC(S(=O)(=O)c3ccc(Cl)cc3)C2)on1. The fourth-order valence-corrected chi connectivity index (χ4v) is 4.98. The zero-order valence-corrected chi connectivity index (χ0v) is 18.1. The first-order valence-corrected chi connectivity index (χ1v) is 11.6. The number of nitrogens with zero attached hydrogens (tertiary/aromatic N) is 2. The molecule has 0 aliphatic carbocycles. The molecule has 9 nitrogen and oxygen atoms in total. The minimum atomic E-state index is -3.40. The van der Waals surface area contributed by atoms with Crippen molar-refractivity contribution in [1.29, 1.82) is 0 Å². The number of aliphatic hydroxyl groups excluding tert-OH is 1. The summed E-state index contributed by atoms with van der Waals surface area (Å²) < 4.78 is 30.2. The number of anilines is 1. The molecule has 1 saturated heterocycles. The van der Waals surface area contributed by atoms with Gasteiger partial charge in [-0.05, 0) is 37.1 Å². The van der Waals surface area contributed by atoms with Crippen LogP contribution < -0.4 is 10.6 Å². The molecule has 3 rings (SSSR count). The number of hydrogen-bond acceptors (Lipinski definition) is 7. The average Bonchev–Trinajstić information content (AvgIpc) is 3.13. The Hall–Kier alpha value is -2.14. The Morgan fingerprint density at radius 3 is 2.67 bits per heavy atom. The Kier molecular flexibility index (Phi) is 7.35. The molecular weight excluding hydrogens is 432 g/mol. The monoisotopic (exact) mass is 456 g/mol. The van der Waals surface area contributed by atoms with Gasteiger partial charge < -0.3 is 19.8 Å². The molecule has 0 bridgehead atoms. The van der Waals surface area contributed by atoms with Crippen molar-refractivity contribution in [2.24, 2.45) is 0 Å². The Morgan fingerprint density at radius 2 is 2.07 bits per heavy atom. The number of sulfone groups is 1. The fourth-order valence-electron chi connectivity index (χ4n) is 3.14. The fraction of sp³-hybridized carbons (Fsp3) is 0.474. The van der Waals surface area contributed by atoms with Crippen molar-refractivity contribution in [3.8, 4) is 0 Å². The first kappa shape index (κ1) is 22.5. The van der Waals surface area contributed by atoms with Gasteiger partial charge in [0, 0.05) is 30.7 Å². The Labute approximate surface area is 180 Å². The van der Waals surface area contributed by atoms with Gasteiger partial charge in [0.2, 0.25) is 5.88 Å². The standard InChI is InChI=1S/C19H25ClN4O5S/c1-2-14-9-18(29-23-14)22-19(26)21-15(12-25)7-8-24-10-17(11-24)30(27,28)16-5-3-13(20)4-6-16/h3-6,9,15,17,25H,2,7-8,10-12H2,1H3,(H2,21,22,26)/t15-/m0/s1. The lowest BCUT2D eigenvalue weighted by Crippen LogP contribution is -2.55. The third-order valence-corrected chi connectivity index (χ3v) is 7.37. The van der Waals surface area contributed by atoms with E-state index in [2.05, 4.69) is 15.8 Å². The number of halogens is 1. The Morgan fingerprint density at radius 1 is 1.37 bits per heavy atom. The molecular formula is C19H25ClN4O5S. The van der Waals surface area contributed by atoms with E-state index in [1.807, 2.05) is 11.8 Å². The molecule has 30 heavy (non-hydrogen) atoms. The maximum Gasteiger partial charge on any atom is 0.321 e. The summed E-state index contributed by atoms with van der Waals surface area (Å²) in [6.45, 7) is 3.07. The number of likely N-dealkylation sites (tertiary alicyclic amines) is 1. The molecule has 1 atom stereocenters. The topological polar surface area (TPSA) is 125 Å². The van der Waals surface area contributed by atoms with E-state index in [4.69, 9.17) is 16.1 Å².